The van der Waals surface area contributed by atoms with Crippen molar-refractivity contribution in [1.82, 2.24) is 0 Å². The molecule has 6 N–H and O–H groups in total. The molecular weight excluding hydrogens is 500 g/mol. The zero-order chi connectivity index (χ0) is 25.3. The van der Waals surface area contributed by atoms with Gasteiger partial charge in [0.15, 0.2) is 34.5 Å². The summed E-state index contributed by atoms with van der Waals surface area (Å²) in [6.45, 7) is 0. The van der Waals surface area contributed by atoms with Crippen LogP contribution in [0.2, 0.25) is 0 Å². The van der Waals surface area contributed by atoms with Crippen LogP contribution in [0, 0.1) is 0 Å². The zero-order valence-corrected chi connectivity index (χ0v) is 17.8. The molecule has 3 aromatic rings. The summed E-state index contributed by atoms with van der Waals surface area (Å²) < 4.78 is 0. The van der Waals surface area contributed by atoms with E-state index in [1.54, 1.807) is 0 Å². The summed E-state index contributed by atoms with van der Waals surface area (Å²) >= 11 is 0. The van der Waals surface area contributed by atoms with Gasteiger partial charge in [-0.25, -0.2) is 0 Å². The number of phenols is 6. The Bertz CT molecular complexity index is 1030. The molecule has 0 saturated carbocycles. The first-order valence-corrected chi connectivity index (χ1v) is 8.55. The zero-order valence-electron chi connectivity index (χ0n) is 16.7. The Morgan fingerprint density at radius 3 is 0.824 bits per heavy atom. The minimum absolute atomic E-state index is 0. The van der Waals surface area contributed by atoms with Crippen molar-refractivity contribution in [1.29, 1.82) is 0 Å². The van der Waals surface area contributed by atoms with Crippen molar-refractivity contribution in [2.24, 2.45) is 0 Å². The van der Waals surface area contributed by atoms with Gasteiger partial charge in [-0.05, 0) is 36.4 Å². The molecule has 34 heavy (non-hydrogen) atoms. The summed E-state index contributed by atoms with van der Waals surface area (Å²) in [4.78, 5) is 30.6. The molecular formula is C21H15FeO12. The minimum atomic E-state index is -1.52. The predicted molar refractivity (Wildman–Crippen MR) is 102 cm³/mol. The molecule has 0 aliphatic carbocycles. The molecule has 12 nitrogen and oxygen atoms in total. The summed E-state index contributed by atoms with van der Waals surface area (Å²) in [7, 11) is 0. The second-order valence-corrected chi connectivity index (χ2v) is 5.88. The SMILES string of the molecule is O=C([O-])c1cccc(O)c1O.O=C([O-])c1cccc(O)c1O.O=C([O-])c1cccc(O)c1O.[Fe+3]. The van der Waals surface area contributed by atoms with E-state index in [1.807, 2.05) is 0 Å². The van der Waals surface area contributed by atoms with Crippen LogP contribution >= 0.6 is 0 Å². The van der Waals surface area contributed by atoms with Gasteiger partial charge in [-0.3, -0.25) is 0 Å². The van der Waals surface area contributed by atoms with E-state index in [2.05, 4.69) is 0 Å². The Labute approximate surface area is 201 Å². The number of phenolic OH excluding ortho intramolecular Hbond substituents is 3. The maximum absolute atomic E-state index is 10.2. The van der Waals surface area contributed by atoms with Crippen LogP contribution in [0.4, 0.5) is 0 Å². The molecule has 3 aromatic carbocycles. The number of carboxylic acids is 3. The third-order valence-corrected chi connectivity index (χ3v) is 3.70. The first kappa shape index (κ1) is 29.4. The van der Waals surface area contributed by atoms with Crippen molar-refractivity contribution in [3.05, 3.63) is 71.3 Å². The van der Waals surface area contributed by atoms with Gasteiger partial charge in [-0.15, -0.1) is 0 Å². The van der Waals surface area contributed by atoms with Crippen LogP contribution in [0.25, 0.3) is 0 Å². The Kier molecular flexibility index (Phi) is 11.3. The molecule has 0 fully saturated rings. The van der Waals surface area contributed by atoms with Gasteiger partial charge < -0.3 is 60.3 Å². The number of benzene rings is 3. The third kappa shape index (κ3) is 7.82. The smallest absolute Gasteiger partial charge is 0.545 e. The first-order chi connectivity index (χ1) is 15.4. The molecule has 13 heteroatoms. The largest absolute Gasteiger partial charge is 3.00 e. The molecule has 0 atom stereocenters. The topological polar surface area (TPSA) is 242 Å². The number of hydrogen-bond acceptors (Lipinski definition) is 12. The van der Waals surface area contributed by atoms with Gasteiger partial charge >= 0.3 is 17.1 Å². The van der Waals surface area contributed by atoms with Crippen molar-refractivity contribution in [3.8, 4) is 34.5 Å². The quantitative estimate of drug-likeness (QED) is 0.170. The van der Waals surface area contributed by atoms with Crippen LogP contribution < -0.4 is 15.3 Å². The normalized spacial score (nSPS) is 9.18. The maximum Gasteiger partial charge on any atom is 3.00 e. The van der Waals surface area contributed by atoms with Crippen LogP contribution in [-0.2, 0) is 17.1 Å². The number of aromatic hydroxyl groups is 6. The fourth-order valence-corrected chi connectivity index (χ4v) is 2.09. The van der Waals surface area contributed by atoms with Crippen molar-refractivity contribution in [2.75, 3.05) is 0 Å². The number of para-hydroxylation sites is 3. The fraction of sp³-hybridized carbons (Fsp3) is 0. The third-order valence-electron chi connectivity index (χ3n) is 3.70. The molecule has 3 rings (SSSR count). The summed E-state index contributed by atoms with van der Waals surface area (Å²) in [5.74, 6) is -7.92. The first-order valence-electron chi connectivity index (χ1n) is 8.55. The number of aromatic carboxylic acids is 3. The number of rotatable bonds is 3. The van der Waals surface area contributed by atoms with Crippen molar-refractivity contribution >= 4 is 17.9 Å². The molecule has 0 aromatic heterocycles. The molecule has 0 saturated heterocycles. The molecule has 0 heterocycles. The molecule has 0 aliphatic heterocycles. The average molecular weight is 515 g/mol. The maximum atomic E-state index is 10.2. The van der Waals surface area contributed by atoms with Gasteiger partial charge in [-0.2, -0.15) is 0 Å². The van der Waals surface area contributed by atoms with E-state index in [1.165, 1.54) is 36.4 Å². The van der Waals surface area contributed by atoms with Gasteiger partial charge in [0.1, 0.15) is 0 Å². The Balaban J connectivity index is 0.000000473. The summed E-state index contributed by atoms with van der Waals surface area (Å²) in [6.07, 6.45) is 0. The Morgan fingerprint density at radius 1 is 0.471 bits per heavy atom. The van der Waals surface area contributed by atoms with Crippen molar-refractivity contribution < 1.29 is 77.4 Å². The predicted octanol–water partition coefficient (Wildman–Crippen LogP) is -1.62. The van der Waals surface area contributed by atoms with Crippen molar-refractivity contribution in [2.45, 2.75) is 0 Å². The van der Waals surface area contributed by atoms with Gasteiger partial charge in [0.25, 0.3) is 0 Å². The van der Waals surface area contributed by atoms with Crippen molar-refractivity contribution in [3.63, 3.8) is 0 Å². The summed E-state index contributed by atoms with van der Waals surface area (Å²) in [5, 5.41) is 83.7. The van der Waals surface area contributed by atoms with E-state index in [-0.39, 0.29) is 17.1 Å². The van der Waals surface area contributed by atoms with Crippen LogP contribution in [0.15, 0.2) is 54.6 Å². The monoisotopic (exact) mass is 515 g/mol. The van der Waals surface area contributed by atoms with Gasteiger partial charge in [-0.1, -0.05) is 18.2 Å². The number of carboxylic acid groups (broad SMARTS) is 3. The fourth-order valence-electron chi connectivity index (χ4n) is 2.09. The molecule has 0 bridgehead atoms. The standard InChI is InChI=1S/3C7H6O4.Fe/c3*8-5-3-1-2-4(6(5)9)7(10)11;/h3*1-3,8-9H,(H,10,11);/q;;;+3/p-3. The van der Waals surface area contributed by atoms with Crippen LogP contribution in [0.5, 0.6) is 34.5 Å². The summed E-state index contributed by atoms with van der Waals surface area (Å²) in [5.41, 5.74) is -1.24. The second kappa shape index (κ2) is 13.1. The van der Waals surface area contributed by atoms with E-state index in [9.17, 15) is 29.7 Å². The summed E-state index contributed by atoms with van der Waals surface area (Å²) in [6, 6.07) is 10.9. The average Bonchev–Trinajstić information content (AvgIpc) is 2.74. The van der Waals surface area contributed by atoms with E-state index in [0.29, 0.717) is 0 Å². The second-order valence-electron chi connectivity index (χ2n) is 5.88. The van der Waals surface area contributed by atoms with E-state index >= 15 is 0 Å². The molecule has 0 spiro atoms. The van der Waals surface area contributed by atoms with Crippen LogP contribution in [-0.4, -0.2) is 48.5 Å². The molecule has 1 radical (unpaired) electrons. The molecule has 0 unspecified atom stereocenters. The number of hydrogen-bond donors (Lipinski definition) is 6. The van der Waals surface area contributed by atoms with Gasteiger partial charge in [0.05, 0.1) is 17.9 Å². The van der Waals surface area contributed by atoms with E-state index in [0.717, 1.165) is 18.2 Å². The molecule has 179 valence electrons. The van der Waals surface area contributed by atoms with E-state index < -0.39 is 69.1 Å². The van der Waals surface area contributed by atoms with Gasteiger partial charge in [0, 0.05) is 16.7 Å². The number of carbonyl (C=O) groups excluding carboxylic acids is 3. The van der Waals surface area contributed by atoms with Gasteiger partial charge in [0.2, 0.25) is 0 Å². The minimum Gasteiger partial charge on any atom is -0.545 e. The Morgan fingerprint density at radius 2 is 0.676 bits per heavy atom. The van der Waals surface area contributed by atoms with E-state index in [4.69, 9.17) is 30.6 Å². The number of carbonyl (C=O) groups is 3. The Hall–Kier alpha value is -4.61. The molecule has 0 aliphatic rings. The van der Waals surface area contributed by atoms with Crippen LogP contribution in [0.3, 0.4) is 0 Å². The van der Waals surface area contributed by atoms with Crippen LogP contribution in [0.1, 0.15) is 31.1 Å². The molecule has 0 amide bonds.